The van der Waals surface area contributed by atoms with Gasteiger partial charge in [0.05, 0.1) is 11.3 Å². The summed E-state index contributed by atoms with van der Waals surface area (Å²) in [5.74, 6) is -0.146. The number of rotatable bonds is 6. The van der Waals surface area contributed by atoms with Crippen LogP contribution in [0.2, 0.25) is 0 Å². The van der Waals surface area contributed by atoms with Crippen LogP contribution >= 0.6 is 11.3 Å². The highest BCUT2D eigenvalue weighted by Crippen LogP contribution is 2.21. The highest BCUT2D eigenvalue weighted by molar-refractivity contribution is 7.15. The maximum atomic E-state index is 12.7. The smallest absolute Gasteiger partial charge is 0.259 e. The molecule has 6 nitrogen and oxygen atoms in total. The maximum Gasteiger partial charge on any atom is 0.259 e. The van der Waals surface area contributed by atoms with Gasteiger partial charge in [-0.2, -0.15) is 0 Å². The lowest BCUT2D eigenvalue weighted by Crippen LogP contribution is -2.18. The van der Waals surface area contributed by atoms with Gasteiger partial charge in [-0.05, 0) is 30.2 Å². The lowest BCUT2D eigenvalue weighted by atomic mass is 10.1. The molecule has 0 saturated carbocycles. The number of benzene rings is 2. The third kappa shape index (κ3) is 4.98. The SMILES string of the molecule is CC(C)Cc1nnc(NC(=O)c2ccccc2NC(=O)c2ccccc2)s1. The van der Waals surface area contributed by atoms with Crippen LogP contribution in [0.3, 0.4) is 0 Å². The van der Waals surface area contributed by atoms with Crippen LogP contribution in [0.25, 0.3) is 0 Å². The molecule has 27 heavy (non-hydrogen) atoms. The van der Waals surface area contributed by atoms with Gasteiger partial charge in [-0.1, -0.05) is 55.5 Å². The minimum absolute atomic E-state index is 0.272. The number of hydrogen-bond donors (Lipinski definition) is 2. The molecular weight excluding hydrogens is 360 g/mol. The molecule has 2 aromatic carbocycles. The summed E-state index contributed by atoms with van der Waals surface area (Å²) in [6.07, 6.45) is 0.817. The van der Waals surface area contributed by atoms with Gasteiger partial charge in [-0.25, -0.2) is 0 Å². The normalized spacial score (nSPS) is 10.6. The van der Waals surface area contributed by atoms with Crippen molar-refractivity contribution in [3.63, 3.8) is 0 Å². The number of nitrogens with zero attached hydrogens (tertiary/aromatic N) is 2. The quantitative estimate of drug-likeness (QED) is 0.670. The summed E-state index contributed by atoms with van der Waals surface area (Å²) >= 11 is 1.36. The van der Waals surface area contributed by atoms with E-state index >= 15 is 0 Å². The van der Waals surface area contributed by atoms with Crippen molar-refractivity contribution in [2.75, 3.05) is 10.6 Å². The molecule has 0 spiro atoms. The Balaban J connectivity index is 1.74. The first kappa shape index (κ1) is 18.7. The van der Waals surface area contributed by atoms with Gasteiger partial charge in [0.25, 0.3) is 11.8 Å². The van der Waals surface area contributed by atoms with Crippen molar-refractivity contribution in [2.45, 2.75) is 20.3 Å². The van der Waals surface area contributed by atoms with E-state index in [1.54, 1.807) is 48.5 Å². The van der Waals surface area contributed by atoms with Gasteiger partial charge >= 0.3 is 0 Å². The monoisotopic (exact) mass is 380 g/mol. The largest absolute Gasteiger partial charge is 0.321 e. The van der Waals surface area contributed by atoms with Crippen LogP contribution in [0.5, 0.6) is 0 Å². The van der Waals surface area contributed by atoms with Crippen LogP contribution in [0, 0.1) is 5.92 Å². The number of hydrogen-bond acceptors (Lipinski definition) is 5. The number of para-hydroxylation sites is 1. The molecule has 0 fully saturated rings. The second kappa shape index (κ2) is 8.55. The van der Waals surface area contributed by atoms with Gasteiger partial charge in [0.15, 0.2) is 0 Å². The first-order chi connectivity index (χ1) is 13.0. The molecule has 0 unspecified atom stereocenters. The van der Waals surface area contributed by atoms with Crippen molar-refractivity contribution in [1.82, 2.24) is 10.2 Å². The minimum atomic E-state index is -0.341. The Morgan fingerprint density at radius 2 is 1.63 bits per heavy atom. The van der Waals surface area contributed by atoms with Crippen molar-refractivity contribution in [1.29, 1.82) is 0 Å². The van der Waals surface area contributed by atoms with Gasteiger partial charge in [-0.3, -0.25) is 14.9 Å². The molecule has 0 aliphatic rings. The lowest BCUT2D eigenvalue weighted by molar-refractivity contribution is 0.102. The Morgan fingerprint density at radius 1 is 0.926 bits per heavy atom. The van der Waals surface area contributed by atoms with E-state index in [9.17, 15) is 9.59 Å². The van der Waals surface area contributed by atoms with E-state index in [2.05, 4.69) is 34.7 Å². The Bertz CT molecular complexity index is 938. The van der Waals surface area contributed by atoms with Crippen LogP contribution in [0.1, 0.15) is 39.6 Å². The third-order valence-corrected chi connectivity index (χ3v) is 4.59. The Labute approximate surface area is 161 Å². The molecular formula is C20H20N4O2S. The molecule has 3 aromatic rings. The standard InChI is InChI=1S/C20H20N4O2S/c1-13(2)12-17-23-24-20(27-17)22-19(26)15-10-6-7-11-16(15)21-18(25)14-8-4-3-5-9-14/h3-11,13H,12H2,1-2H3,(H,21,25)(H,22,24,26). The van der Waals surface area contributed by atoms with E-state index in [1.807, 2.05) is 6.07 Å². The topological polar surface area (TPSA) is 84.0 Å². The fraction of sp³-hybridized carbons (Fsp3) is 0.200. The first-order valence-electron chi connectivity index (χ1n) is 8.62. The van der Waals surface area contributed by atoms with E-state index in [4.69, 9.17) is 0 Å². The summed E-state index contributed by atoms with van der Waals surface area (Å²) in [4.78, 5) is 25.1. The Hall–Kier alpha value is -3.06. The van der Waals surface area contributed by atoms with E-state index in [0.717, 1.165) is 11.4 Å². The molecule has 1 aromatic heterocycles. The van der Waals surface area contributed by atoms with E-state index < -0.39 is 0 Å². The van der Waals surface area contributed by atoms with Crippen LogP contribution in [0.15, 0.2) is 54.6 Å². The molecule has 0 atom stereocenters. The summed E-state index contributed by atoms with van der Waals surface area (Å²) in [7, 11) is 0. The zero-order chi connectivity index (χ0) is 19.2. The molecule has 0 radical (unpaired) electrons. The first-order valence-corrected chi connectivity index (χ1v) is 9.43. The number of nitrogens with one attached hydrogen (secondary N) is 2. The van der Waals surface area contributed by atoms with Gasteiger partial charge in [0, 0.05) is 12.0 Å². The van der Waals surface area contributed by atoms with Crippen molar-refractivity contribution in [3.05, 3.63) is 70.7 Å². The number of carbonyl (C=O) groups excluding carboxylic acids is 2. The molecule has 1 heterocycles. The fourth-order valence-corrected chi connectivity index (χ4v) is 3.42. The van der Waals surface area contributed by atoms with Crippen LogP contribution in [0.4, 0.5) is 10.8 Å². The molecule has 7 heteroatoms. The minimum Gasteiger partial charge on any atom is -0.321 e. The van der Waals surface area contributed by atoms with Gasteiger partial charge in [0.1, 0.15) is 5.01 Å². The van der Waals surface area contributed by atoms with Crippen LogP contribution < -0.4 is 10.6 Å². The van der Waals surface area contributed by atoms with Crippen LogP contribution in [-0.2, 0) is 6.42 Å². The molecule has 3 rings (SSSR count). The zero-order valence-electron chi connectivity index (χ0n) is 15.1. The van der Waals surface area contributed by atoms with E-state index in [-0.39, 0.29) is 11.8 Å². The molecule has 0 bridgehead atoms. The Morgan fingerprint density at radius 3 is 2.37 bits per heavy atom. The highest BCUT2D eigenvalue weighted by atomic mass is 32.1. The zero-order valence-corrected chi connectivity index (χ0v) is 15.9. The highest BCUT2D eigenvalue weighted by Gasteiger charge is 2.16. The lowest BCUT2D eigenvalue weighted by Gasteiger charge is -2.10. The second-order valence-corrected chi connectivity index (χ2v) is 7.48. The van der Waals surface area contributed by atoms with Gasteiger partial charge in [-0.15, -0.1) is 10.2 Å². The number of amides is 2. The van der Waals surface area contributed by atoms with Crippen molar-refractivity contribution < 1.29 is 9.59 Å². The predicted molar refractivity (Wildman–Crippen MR) is 107 cm³/mol. The summed E-state index contributed by atoms with van der Waals surface area (Å²) in [5.41, 5.74) is 1.33. The van der Waals surface area contributed by atoms with Gasteiger partial charge < -0.3 is 5.32 Å². The number of carbonyl (C=O) groups is 2. The predicted octanol–water partition coefficient (Wildman–Crippen LogP) is 4.24. The second-order valence-electron chi connectivity index (χ2n) is 6.42. The van der Waals surface area contributed by atoms with Crippen molar-refractivity contribution in [2.24, 2.45) is 5.92 Å². The van der Waals surface area contributed by atoms with Crippen molar-refractivity contribution >= 4 is 34.0 Å². The molecule has 0 aliphatic carbocycles. The summed E-state index contributed by atoms with van der Waals surface area (Å²) in [6, 6.07) is 15.7. The van der Waals surface area contributed by atoms with E-state index in [1.165, 1.54) is 11.3 Å². The fourth-order valence-electron chi connectivity index (χ4n) is 2.47. The summed E-state index contributed by atoms with van der Waals surface area (Å²) in [6.45, 7) is 4.20. The van der Waals surface area contributed by atoms with E-state index in [0.29, 0.717) is 27.9 Å². The molecule has 2 amide bonds. The number of aromatic nitrogens is 2. The third-order valence-electron chi connectivity index (χ3n) is 3.73. The van der Waals surface area contributed by atoms with Crippen LogP contribution in [-0.4, -0.2) is 22.0 Å². The summed E-state index contributed by atoms with van der Waals surface area (Å²) < 4.78 is 0. The maximum absolute atomic E-state index is 12.7. The summed E-state index contributed by atoms with van der Waals surface area (Å²) in [5, 5.41) is 15.0. The Kier molecular flexibility index (Phi) is 5.93. The van der Waals surface area contributed by atoms with Crippen molar-refractivity contribution in [3.8, 4) is 0 Å². The molecule has 2 N–H and O–H groups in total. The van der Waals surface area contributed by atoms with Gasteiger partial charge in [0.2, 0.25) is 5.13 Å². The average Bonchev–Trinajstić information content (AvgIpc) is 3.08. The average molecular weight is 380 g/mol. The molecule has 0 saturated heterocycles. The molecule has 0 aliphatic heterocycles. The molecule has 138 valence electrons. The number of anilines is 2.